The fourth-order valence-electron chi connectivity index (χ4n) is 1.25. The second kappa shape index (κ2) is 6.06. The summed E-state index contributed by atoms with van der Waals surface area (Å²) >= 11 is 3.03. The number of aromatic nitrogens is 2. The fraction of sp³-hybridized carbons (Fsp3) is 0. The largest absolute Gasteiger partial charge is 0.379 e. The molecule has 11 heteroatoms. The number of hydrogen-bond acceptors (Lipinski definition) is 8. The van der Waals surface area contributed by atoms with Crippen molar-refractivity contribution < 1.29 is 14.0 Å². The summed E-state index contributed by atoms with van der Waals surface area (Å²) in [7, 11) is 0. The Morgan fingerprint density at radius 1 is 1.50 bits per heavy atom. The first-order chi connectivity index (χ1) is 9.61. The molecule has 1 heterocycles. The van der Waals surface area contributed by atoms with Crippen LogP contribution >= 0.6 is 15.9 Å². The Kier molecular flexibility index (Phi) is 4.20. The van der Waals surface area contributed by atoms with E-state index >= 15 is 0 Å². The van der Waals surface area contributed by atoms with Gasteiger partial charge in [-0.15, -0.1) is 4.91 Å². The van der Waals surface area contributed by atoms with E-state index in [4.69, 9.17) is 5.73 Å². The molecule has 0 atom stereocenters. The minimum absolute atomic E-state index is 0.00842. The van der Waals surface area contributed by atoms with Gasteiger partial charge in [-0.25, -0.2) is 14.0 Å². The Hall–Kier alpha value is -2.56. The van der Waals surface area contributed by atoms with Crippen LogP contribution in [-0.4, -0.2) is 16.1 Å². The number of oxime groups is 1. The topological polar surface area (TPSA) is 128 Å². The SMILES string of the molecule is Nc1nonc1/C(=N/ON=O)Nc1ccc(F)c(Br)c1. The molecule has 0 bridgehead atoms. The maximum absolute atomic E-state index is 13.1. The summed E-state index contributed by atoms with van der Waals surface area (Å²) in [6, 6.07) is 4.07. The van der Waals surface area contributed by atoms with E-state index in [9.17, 15) is 9.30 Å². The average molecular weight is 345 g/mol. The lowest BCUT2D eigenvalue weighted by Crippen LogP contribution is -2.16. The zero-order chi connectivity index (χ0) is 14.5. The molecule has 2 rings (SSSR count). The van der Waals surface area contributed by atoms with Crippen LogP contribution in [0.5, 0.6) is 0 Å². The third kappa shape index (κ3) is 3.06. The first-order valence-corrected chi connectivity index (χ1v) is 5.78. The number of nitrogens with two attached hydrogens (primary N) is 1. The predicted molar refractivity (Wildman–Crippen MR) is 69.9 cm³/mol. The van der Waals surface area contributed by atoms with Crippen molar-refractivity contribution in [2.24, 2.45) is 10.5 Å². The van der Waals surface area contributed by atoms with Gasteiger partial charge in [0.15, 0.2) is 16.9 Å². The Morgan fingerprint density at radius 2 is 2.30 bits per heavy atom. The summed E-state index contributed by atoms with van der Waals surface area (Å²) in [5.74, 6) is -0.601. The molecule has 0 spiro atoms. The third-order valence-corrected chi connectivity index (χ3v) is 2.69. The van der Waals surface area contributed by atoms with Gasteiger partial charge in [-0.05, 0) is 49.6 Å². The van der Waals surface area contributed by atoms with Gasteiger partial charge >= 0.3 is 0 Å². The van der Waals surface area contributed by atoms with Crippen LogP contribution in [-0.2, 0) is 4.94 Å². The Labute approximate surface area is 119 Å². The van der Waals surface area contributed by atoms with E-state index in [1.54, 1.807) is 0 Å². The number of rotatable bonds is 4. The summed E-state index contributed by atoms with van der Waals surface area (Å²) < 4.78 is 17.8. The second-order valence-electron chi connectivity index (χ2n) is 3.35. The van der Waals surface area contributed by atoms with E-state index in [2.05, 4.69) is 51.6 Å². The number of benzene rings is 1. The maximum atomic E-state index is 13.1. The lowest BCUT2D eigenvalue weighted by atomic mass is 10.3. The molecule has 3 N–H and O–H groups in total. The molecule has 20 heavy (non-hydrogen) atoms. The second-order valence-corrected chi connectivity index (χ2v) is 4.20. The van der Waals surface area contributed by atoms with Crippen molar-refractivity contribution in [3.8, 4) is 0 Å². The fourth-order valence-corrected chi connectivity index (χ4v) is 1.63. The monoisotopic (exact) mass is 344 g/mol. The molecule has 0 unspecified atom stereocenters. The minimum atomic E-state index is -0.442. The van der Waals surface area contributed by atoms with Crippen LogP contribution in [0, 0.1) is 10.7 Å². The highest BCUT2D eigenvalue weighted by atomic mass is 79.9. The summed E-state index contributed by atoms with van der Waals surface area (Å²) in [6.45, 7) is 0. The molecule has 0 saturated carbocycles. The molecule has 9 nitrogen and oxygen atoms in total. The van der Waals surface area contributed by atoms with Crippen LogP contribution in [0.15, 0.2) is 37.8 Å². The first kappa shape index (κ1) is 13.9. The molecule has 0 radical (unpaired) electrons. The smallest absolute Gasteiger partial charge is 0.206 e. The number of halogens is 2. The molecule has 104 valence electrons. The molecule has 0 aliphatic heterocycles. The maximum Gasteiger partial charge on any atom is 0.206 e. The highest BCUT2D eigenvalue weighted by Gasteiger charge is 2.16. The Morgan fingerprint density at radius 3 is 2.90 bits per heavy atom. The molecule has 0 aliphatic carbocycles. The van der Waals surface area contributed by atoms with E-state index in [1.165, 1.54) is 18.2 Å². The van der Waals surface area contributed by atoms with Crippen molar-refractivity contribution in [3.63, 3.8) is 0 Å². The molecule has 0 fully saturated rings. The zero-order valence-electron chi connectivity index (χ0n) is 9.58. The molecular formula is C9H6BrFN6O3. The quantitative estimate of drug-likeness (QED) is 0.375. The van der Waals surface area contributed by atoms with Gasteiger partial charge in [0.25, 0.3) is 0 Å². The Bertz CT molecular complexity index is 661. The summed E-state index contributed by atoms with van der Waals surface area (Å²) in [6.07, 6.45) is 0. The number of anilines is 2. The molecule has 0 amide bonds. The summed E-state index contributed by atoms with van der Waals surface area (Å²) in [4.78, 5) is 14.0. The van der Waals surface area contributed by atoms with Crippen LogP contribution < -0.4 is 11.1 Å². The van der Waals surface area contributed by atoms with Crippen molar-refractivity contribution >= 4 is 33.3 Å². The minimum Gasteiger partial charge on any atom is -0.379 e. The average Bonchev–Trinajstić information content (AvgIpc) is 2.85. The van der Waals surface area contributed by atoms with E-state index in [-0.39, 0.29) is 21.8 Å². The number of nitrogens with zero attached hydrogens (tertiary/aromatic N) is 4. The highest BCUT2D eigenvalue weighted by molar-refractivity contribution is 9.10. The van der Waals surface area contributed by atoms with Crippen molar-refractivity contribution in [3.05, 3.63) is 39.1 Å². The number of hydrogen-bond donors (Lipinski definition) is 2. The molecule has 2 aromatic rings. The molecule has 1 aromatic carbocycles. The van der Waals surface area contributed by atoms with Crippen molar-refractivity contribution in [1.29, 1.82) is 0 Å². The van der Waals surface area contributed by atoms with E-state index in [0.29, 0.717) is 5.69 Å². The van der Waals surface area contributed by atoms with Crippen molar-refractivity contribution in [1.82, 2.24) is 10.3 Å². The van der Waals surface area contributed by atoms with Crippen LogP contribution in [0.3, 0.4) is 0 Å². The van der Waals surface area contributed by atoms with Crippen LogP contribution in [0.4, 0.5) is 15.9 Å². The number of amidine groups is 1. The molecule has 1 aromatic heterocycles. The number of nitrogens with one attached hydrogen (secondary N) is 1. The number of nitrogen functional groups attached to an aromatic ring is 1. The van der Waals surface area contributed by atoms with E-state index < -0.39 is 5.82 Å². The first-order valence-electron chi connectivity index (χ1n) is 4.99. The van der Waals surface area contributed by atoms with Gasteiger partial charge in [0, 0.05) is 5.69 Å². The van der Waals surface area contributed by atoms with Crippen LogP contribution in [0.25, 0.3) is 0 Å². The van der Waals surface area contributed by atoms with Crippen LogP contribution in [0.2, 0.25) is 0 Å². The van der Waals surface area contributed by atoms with Crippen molar-refractivity contribution in [2.45, 2.75) is 0 Å². The van der Waals surface area contributed by atoms with E-state index in [1.807, 2.05) is 0 Å². The van der Waals surface area contributed by atoms with Gasteiger partial charge in [0.05, 0.1) is 4.47 Å². The lowest BCUT2D eigenvalue weighted by molar-refractivity contribution is 0.150. The van der Waals surface area contributed by atoms with Crippen LogP contribution in [0.1, 0.15) is 5.69 Å². The zero-order valence-corrected chi connectivity index (χ0v) is 11.2. The van der Waals surface area contributed by atoms with Gasteiger partial charge in [-0.3, -0.25) is 0 Å². The summed E-state index contributed by atoms with van der Waals surface area (Å²) in [5.41, 5.74) is 5.93. The van der Waals surface area contributed by atoms with Gasteiger partial charge < -0.3 is 11.1 Å². The van der Waals surface area contributed by atoms with Gasteiger partial charge in [0.1, 0.15) is 5.82 Å². The standard InChI is InChI=1S/C9H6BrFN6O3/c10-5-3-4(1-2-6(5)11)13-9(16-20-17-18)7-8(12)15-19-14-7/h1-3H,(H2,12,15)(H,13,16). The highest BCUT2D eigenvalue weighted by Crippen LogP contribution is 2.21. The molecule has 0 aliphatic rings. The predicted octanol–water partition coefficient (Wildman–Crippen LogP) is 2.03. The Balaban J connectivity index is 2.31. The van der Waals surface area contributed by atoms with E-state index in [0.717, 1.165) is 0 Å². The lowest BCUT2D eigenvalue weighted by Gasteiger charge is -2.06. The molecular weight excluding hydrogens is 339 g/mol. The third-order valence-electron chi connectivity index (χ3n) is 2.09. The van der Waals surface area contributed by atoms with Gasteiger partial charge in [0.2, 0.25) is 5.84 Å². The normalized spacial score (nSPS) is 11.2. The molecule has 0 saturated heterocycles. The van der Waals surface area contributed by atoms with Crippen molar-refractivity contribution in [2.75, 3.05) is 11.1 Å². The summed E-state index contributed by atoms with van der Waals surface area (Å²) in [5, 5.41) is 15.0. The van der Waals surface area contributed by atoms with Gasteiger partial charge in [-0.2, -0.15) is 0 Å². The van der Waals surface area contributed by atoms with Gasteiger partial charge in [-0.1, -0.05) is 0 Å².